The predicted molar refractivity (Wildman–Crippen MR) is 73.4 cm³/mol. The average molecular weight is 270 g/mol. The molecule has 0 bridgehead atoms. The molecule has 0 radical (unpaired) electrons. The molecule has 0 amide bonds. The summed E-state index contributed by atoms with van der Waals surface area (Å²) in [5.74, 6) is 0.982. The molecular formula is C14H20ClNO2. The molecule has 3 rings (SSSR count). The second kappa shape index (κ2) is 5.47. The van der Waals surface area contributed by atoms with Crippen LogP contribution in [0.1, 0.15) is 25.3 Å². The largest absolute Gasteiger partial charge is 0.487 e. The normalized spacial score (nSPS) is 25.5. The highest BCUT2D eigenvalue weighted by atomic mass is 35.5. The van der Waals surface area contributed by atoms with Crippen LogP contribution in [0.2, 0.25) is 0 Å². The monoisotopic (exact) mass is 269 g/mol. The molecule has 0 saturated carbocycles. The fourth-order valence-electron chi connectivity index (χ4n) is 2.78. The van der Waals surface area contributed by atoms with Crippen molar-refractivity contribution < 1.29 is 9.47 Å². The molecular weight excluding hydrogens is 250 g/mol. The van der Waals surface area contributed by atoms with Gasteiger partial charge < -0.3 is 14.8 Å². The second-order valence-electron chi connectivity index (χ2n) is 4.97. The number of halogens is 1. The van der Waals surface area contributed by atoms with Crippen molar-refractivity contribution in [1.82, 2.24) is 5.32 Å². The molecule has 1 saturated heterocycles. The summed E-state index contributed by atoms with van der Waals surface area (Å²) in [7, 11) is 0. The maximum absolute atomic E-state index is 6.21. The minimum Gasteiger partial charge on any atom is -0.487 e. The van der Waals surface area contributed by atoms with E-state index in [1.54, 1.807) is 0 Å². The van der Waals surface area contributed by atoms with Crippen molar-refractivity contribution in [3.05, 3.63) is 29.8 Å². The van der Waals surface area contributed by atoms with Crippen LogP contribution in [-0.4, -0.2) is 24.8 Å². The van der Waals surface area contributed by atoms with Crippen molar-refractivity contribution in [2.24, 2.45) is 0 Å². The first-order chi connectivity index (χ1) is 8.30. The molecule has 1 aromatic carbocycles. The fourth-order valence-corrected chi connectivity index (χ4v) is 2.78. The number of para-hydroxylation sites is 1. The molecule has 1 unspecified atom stereocenters. The van der Waals surface area contributed by atoms with Crippen LogP contribution in [0.25, 0.3) is 0 Å². The van der Waals surface area contributed by atoms with Gasteiger partial charge in [-0.2, -0.15) is 0 Å². The lowest BCUT2D eigenvalue weighted by atomic mass is 9.87. The Kier molecular flexibility index (Phi) is 4.15. The molecule has 18 heavy (non-hydrogen) atoms. The summed E-state index contributed by atoms with van der Waals surface area (Å²) >= 11 is 0. The zero-order chi connectivity index (χ0) is 11.7. The maximum atomic E-state index is 6.21. The first-order valence-corrected chi connectivity index (χ1v) is 6.39. The van der Waals surface area contributed by atoms with E-state index >= 15 is 0 Å². The lowest BCUT2D eigenvalue weighted by Crippen LogP contribution is -2.52. The van der Waals surface area contributed by atoms with Crippen LogP contribution in [0.5, 0.6) is 5.75 Å². The molecule has 1 spiro atoms. The highest BCUT2D eigenvalue weighted by Crippen LogP contribution is 2.36. The molecule has 1 atom stereocenters. The lowest BCUT2D eigenvalue weighted by Gasteiger charge is -2.40. The number of piperidine rings is 1. The van der Waals surface area contributed by atoms with E-state index in [-0.39, 0.29) is 24.1 Å². The lowest BCUT2D eigenvalue weighted by molar-refractivity contribution is -0.122. The minimum absolute atomic E-state index is 0. The SMILES string of the molecule is CC1Oc2ccccc2COC12CCNCC2.Cl. The topological polar surface area (TPSA) is 30.5 Å². The Morgan fingerprint density at radius 2 is 1.94 bits per heavy atom. The van der Waals surface area contributed by atoms with E-state index in [9.17, 15) is 0 Å². The van der Waals surface area contributed by atoms with Gasteiger partial charge in [-0.15, -0.1) is 12.4 Å². The molecule has 0 aliphatic carbocycles. The Bertz CT molecular complexity index is 405. The molecule has 100 valence electrons. The second-order valence-corrected chi connectivity index (χ2v) is 4.97. The Morgan fingerprint density at radius 1 is 1.22 bits per heavy atom. The first kappa shape index (κ1) is 13.7. The number of fused-ring (bicyclic) bond motifs is 1. The van der Waals surface area contributed by atoms with Crippen molar-refractivity contribution in [3.63, 3.8) is 0 Å². The summed E-state index contributed by atoms with van der Waals surface area (Å²) in [5, 5.41) is 3.38. The Hall–Kier alpha value is -0.770. The molecule has 2 aliphatic heterocycles. The molecule has 0 aromatic heterocycles. The van der Waals surface area contributed by atoms with Gasteiger partial charge in [0.1, 0.15) is 17.5 Å². The Balaban J connectivity index is 0.00000120. The highest BCUT2D eigenvalue weighted by Gasteiger charge is 2.42. The van der Waals surface area contributed by atoms with Gasteiger partial charge in [0.15, 0.2) is 0 Å². The fraction of sp³-hybridized carbons (Fsp3) is 0.571. The van der Waals surface area contributed by atoms with Crippen LogP contribution in [0.15, 0.2) is 24.3 Å². The summed E-state index contributed by atoms with van der Waals surface area (Å²) in [6, 6.07) is 8.18. The zero-order valence-corrected chi connectivity index (χ0v) is 11.5. The van der Waals surface area contributed by atoms with Crippen molar-refractivity contribution in [3.8, 4) is 5.75 Å². The summed E-state index contributed by atoms with van der Waals surface area (Å²) in [5.41, 5.74) is 1.05. The molecule has 3 nitrogen and oxygen atoms in total. The Labute approximate surface area is 114 Å². The first-order valence-electron chi connectivity index (χ1n) is 6.39. The van der Waals surface area contributed by atoms with E-state index in [1.165, 1.54) is 0 Å². The van der Waals surface area contributed by atoms with Gasteiger partial charge in [0, 0.05) is 5.56 Å². The van der Waals surface area contributed by atoms with Gasteiger partial charge in [0.25, 0.3) is 0 Å². The quantitative estimate of drug-likeness (QED) is 0.785. The maximum Gasteiger partial charge on any atom is 0.125 e. The van der Waals surface area contributed by atoms with E-state index in [4.69, 9.17) is 9.47 Å². The third kappa shape index (κ3) is 2.35. The number of rotatable bonds is 0. The number of benzene rings is 1. The van der Waals surface area contributed by atoms with Crippen molar-refractivity contribution in [2.45, 2.75) is 38.1 Å². The molecule has 1 fully saturated rings. The highest BCUT2D eigenvalue weighted by molar-refractivity contribution is 5.85. The van der Waals surface area contributed by atoms with Crippen LogP contribution in [0.3, 0.4) is 0 Å². The number of nitrogens with one attached hydrogen (secondary N) is 1. The van der Waals surface area contributed by atoms with Gasteiger partial charge in [-0.05, 0) is 38.9 Å². The average Bonchev–Trinajstić information content (AvgIpc) is 2.50. The van der Waals surface area contributed by atoms with Crippen LogP contribution in [0.4, 0.5) is 0 Å². The number of hydrogen-bond acceptors (Lipinski definition) is 3. The summed E-state index contributed by atoms with van der Waals surface area (Å²) in [6.45, 7) is 4.84. The van der Waals surface area contributed by atoms with E-state index in [0.29, 0.717) is 6.61 Å². The molecule has 4 heteroatoms. The molecule has 1 N–H and O–H groups in total. The predicted octanol–water partition coefficient (Wildman–Crippen LogP) is 2.53. The van der Waals surface area contributed by atoms with Crippen molar-refractivity contribution >= 4 is 12.4 Å². The molecule has 2 heterocycles. The third-order valence-electron chi connectivity index (χ3n) is 3.98. The Morgan fingerprint density at radius 3 is 2.72 bits per heavy atom. The van der Waals surface area contributed by atoms with E-state index in [0.717, 1.165) is 37.2 Å². The number of ether oxygens (including phenoxy) is 2. The van der Waals surface area contributed by atoms with Crippen molar-refractivity contribution in [2.75, 3.05) is 13.1 Å². The summed E-state index contributed by atoms with van der Waals surface area (Å²) < 4.78 is 12.3. The van der Waals surface area contributed by atoms with Gasteiger partial charge in [-0.25, -0.2) is 0 Å². The van der Waals surface area contributed by atoms with Gasteiger partial charge in [0.05, 0.1) is 6.61 Å². The smallest absolute Gasteiger partial charge is 0.125 e. The minimum atomic E-state index is -0.107. The number of hydrogen-bond donors (Lipinski definition) is 1. The van der Waals surface area contributed by atoms with Gasteiger partial charge in [-0.3, -0.25) is 0 Å². The molecule has 1 aromatic rings. The van der Waals surface area contributed by atoms with Gasteiger partial charge >= 0.3 is 0 Å². The van der Waals surface area contributed by atoms with E-state index in [2.05, 4.69) is 18.3 Å². The molecule has 2 aliphatic rings. The van der Waals surface area contributed by atoms with E-state index < -0.39 is 0 Å². The summed E-state index contributed by atoms with van der Waals surface area (Å²) in [4.78, 5) is 0. The van der Waals surface area contributed by atoms with Gasteiger partial charge in [-0.1, -0.05) is 18.2 Å². The van der Waals surface area contributed by atoms with Crippen LogP contribution < -0.4 is 10.1 Å². The third-order valence-corrected chi connectivity index (χ3v) is 3.98. The zero-order valence-electron chi connectivity index (χ0n) is 10.6. The van der Waals surface area contributed by atoms with Crippen LogP contribution >= 0.6 is 12.4 Å². The summed E-state index contributed by atoms with van der Waals surface area (Å²) in [6.07, 6.45) is 2.18. The van der Waals surface area contributed by atoms with E-state index in [1.807, 2.05) is 18.2 Å². The van der Waals surface area contributed by atoms with Crippen LogP contribution in [0, 0.1) is 0 Å². The van der Waals surface area contributed by atoms with Crippen LogP contribution in [-0.2, 0) is 11.3 Å². The van der Waals surface area contributed by atoms with Crippen molar-refractivity contribution in [1.29, 1.82) is 0 Å². The standard InChI is InChI=1S/C14H19NO2.ClH/c1-11-14(6-8-15-9-7-14)16-10-12-4-2-3-5-13(12)17-11;/h2-5,11,15H,6-10H2,1H3;1H. The van der Waals surface area contributed by atoms with Gasteiger partial charge in [0.2, 0.25) is 0 Å².